The lowest BCUT2D eigenvalue weighted by atomic mass is 10.1. The van der Waals surface area contributed by atoms with Crippen molar-refractivity contribution >= 4 is 5.91 Å². The molecule has 0 bridgehead atoms. The Hall–Kier alpha value is -2.71. The molecule has 1 aliphatic heterocycles. The number of nitrogens with zero attached hydrogens (tertiary/aromatic N) is 3. The zero-order valence-corrected chi connectivity index (χ0v) is 18.2. The smallest absolute Gasteiger partial charge is 0.263 e. The van der Waals surface area contributed by atoms with Crippen LogP contribution in [-0.4, -0.2) is 60.3 Å². The van der Waals surface area contributed by atoms with E-state index in [0.717, 1.165) is 36.5 Å². The summed E-state index contributed by atoms with van der Waals surface area (Å²) in [6, 6.07) is 3.76. The Bertz CT molecular complexity index is 964. The predicted molar refractivity (Wildman–Crippen MR) is 114 cm³/mol. The first-order chi connectivity index (χ1) is 14.4. The topological polar surface area (TPSA) is 85.7 Å². The SMILES string of the molecule is COc1nc(C)cc(C)c1CNC(=O)c1c(C)ccn(CCN2CCOCC2)c1=O. The Labute approximate surface area is 176 Å². The van der Waals surface area contributed by atoms with Crippen LogP contribution in [0.1, 0.15) is 32.7 Å². The van der Waals surface area contributed by atoms with Crippen LogP contribution in [-0.2, 0) is 17.8 Å². The molecule has 1 fully saturated rings. The highest BCUT2D eigenvalue weighted by atomic mass is 16.5. The highest BCUT2D eigenvalue weighted by molar-refractivity contribution is 5.95. The second-order valence-corrected chi connectivity index (χ2v) is 7.58. The Morgan fingerprint density at radius 2 is 1.93 bits per heavy atom. The molecule has 0 saturated carbocycles. The molecule has 0 atom stereocenters. The number of hydrogen-bond donors (Lipinski definition) is 1. The molecule has 0 aliphatic carbocycles. The number of nitrogens with one attached hydrogen (secondary N) is 1. The van der Waals surface area contributed by atoms with Crippen molar-refractivity contribution in [2.24, 2.45) is 0 Å². The van der Waals surface area contributed by atoms with Gasteiger partial charge in [0, 0.05) is 50.2 Å². The number of carbonyl (C=O) groups is 1. The van der Waals surface area contributed by atoms with Gasteiger partial charge in [0.1, 0.15) is 5.56 Å². The van der Waals surface area contributed by atoms with E-state index in [-0.39, 0.29) is 23.6 Å². The van der Waals surface area contributed by atoms with Gasteiger partial charge in [-0.3, -0.25) is 14.5 Å². The molecule has 0 spiro atoms. The van der Waals surface area contributed by atoms with Gasteiger partial charge in [-0.1, -0.05) is 0 Å². The average Bonchev–Trinajstić information content (AvgIpc) is 2.72. The largest absolute Gasteiger partial charge is 0.481 e. The third-order valence-electron chi connectivity index (χ3n) is 5.42. The standard InChI is InChI=1S/C22H30N4O4/c1-15-5-6-26(8-7-25-9-11-30-12-10-25)22(28)19(15)20(27)23-14-18-16(2)13-17(3)24-21(18)29-4/h5-6,13H,7-12,14H2,1-4H3,(H,23,27). The molecule has 162 valence electrons. The summed E-state index contributed by atoms with van der Waals surface area (Å²) in [4.78, 5) is 32.5. The summed E-state index contributed by atoms with van der Waals surface area (Å²) in [6.07, 6.45) is 1.76. The lowest BCUT2D eigenvalue weighted by Gasteiger charge is -2.26. The van der Waals surface area contributed by atoms with Crippen LogP contribution in [0.5, 0.6) is 5.88 Å². The Morgan fingerprint density at radius 3 is 2.63 bits per heavy atom. The van der Waals surface area contributed by atoms with E-state index in [0.29, 0.717) is 31.2 Å². The number of hydrogen-bond acceptors (Lipinski definition) is 6. The van der Waals surface area contributed by atoms with Crippen molar-refractivity contribution in [3.63, 3.8) is 0 Å². The molecule has 8 nitrogen and oxygen atoms in total. The van der Waals surface area contributed by atoms with Gasteiger partial charge in [0.2, 0.25) is 5.88 Å². The molecule has 0 unspecified atom stereocenters. The van der Waals surface area contributed by atoms with Gasteiger partial charge in [-0.25, -0.2) is 4.98 Å². The van der Waals surface area contributed by atoms with E-state index in [2.05, 4.69) is 15.2 Å². The lowest BCUT2D eigenvalue weighted by Crippen LogP contribution is -2.40. The highest BCUT2D eigenvalue weighted by Crippen LogP contribution is 2.20. The number of methoxy groups -OCH3 is 1. The minimum absolute atomic E-state index is 0.177. The monoisotopic (exact) mass is 414 g/mol. The summed E-state index contributed by atoms with van der Waals surface area (Å²) in [6.45, 7) is 10.3. The summed E-state index contributed by atoms with van der Waals surface area (Å²) in [7, 11) is 1.56. The molecule has 3 rings (SSSR count). The number of morpholine rings is 1. The molecule has 1 aliphatic rings. The lowest BCUT2D eigenvalue weighted by molar-refractivity contribution is 0.0362. The molecule has 0 radical (unpaired) electrons. The van der Waals surface area contributed by atoms with Crippen LogP contribution in [0.4, 0.5) is 0 Å². The van der Waals surface area contributed by atoms with Gasteiger partial charge in [-0.2, -0.15) is 0 Å². The van der Waals surface area contributed by atoms with Crippen molar-refractivity contribution in [2.45, 2.75) is 33.9 Å². The molecular weight excluding hydrogens is 384 g/mol. The van der Waals surface area contributed by atoms with Crippen LogP contribution in [0.25, 0.3) is 0 Å². The average molecular weight is 415 g/mol. The van der Waals surface area contributed by atoms with Crippen LogP contribution >= 0.6 is 0 Å². The Morgan fingerprint density at radius 1 is 1.20 bits per heavy atom. The number of amides is 1. The summed E-state index contributed by atoms with van der Waals surface area (Å²) in [5, 5.41) is 2.87. The number of rotatable bonds is 7. The van der Waals surface area contributed by atoms with Crippen molar-refractivity contribution in [2.75, 3.05) is 40.0 Å². The fourth-order valence-electron chi connectivity index (χ4n) is 3.66. The van der Waals surface area contributed by atoms with Gasteiger partial charge in [-0.05, 0) is 44.0 Å². The minimum atomic E-state index is -0.389. The minimum Gasteiger partial charge on any atom is -0.481 e. The number of carbonyl (C=O) groups excluding carboxylic acids is 1. The normalized spacial score (nSPS) is 14.5. The molecular formula is C22H30N4O4. The molecule has 2 aromatic rings. The van der Waals surface area contributed by atoms with Crippen molar-refractivity contribution in [1.29, 1.82) is 0 Å². The van der Waals surface area contributed by atoms with E-state index >= 15 is 0 Å². The number of pyridine rings is 2. The van der Waals surface area contributed by atoms with E-state index in [4.69, 9.17) is 9.47 Å². The quantitative estimate of drug-likeness (QED) is 0.738. The molecule has 1 N–H and O–H groups in total. The third kappa shape index (κ3) is 5.06. The third-order valence-corrected chi connectivity index (χ3v) is 5.42. The van der Waals surface area contributed by atoms with Gasteiger partial charge < -0.3 is 19.4 Å². The fourth-order valence-corrected chi connectivity index (χ4v) is 3.66. The van der Waals surface area contributed by atoms with E-state index in [1.165, 1.54) is 0 Å². The highest BCUT2D eigenvalue weighted by Gasteiger charge is 2.18. The molecule has 2 aromatic heterocycles. The Kier molecular flexibility index (Phi) is 7.23. The van der Waals surface area contributed by atoms with Crippen molar-refractivity contribution < 1.29 is 14.3 Å². The molecule has 1 saturated heterocycles. The van der Waals surface area contributed by atoms with Crippen LogP contribution in [0.2, 0.25) is 0 Å². The molecule has 30 heavy (non-hydrogen) atoms. The molecule has 1 amide bonds. The van der Waals surface area contributed by atoms with Crippen LogP contribution < -0.4 is 15.6 Å². The summed E-state index contributed by atoms with van der Waals surface area (Å²) in [5.74, 6) is 0.0979. The van der Waals surface area contributed by atoms with E-state index < -0.39 is 0 Å². The second kappa shape index (κ2) is 9.86. The van der Waals surface area contributed by atoms with Crippen molar-refractivity contribution in [3.05, 3.63) is 56.6 Å². The predicted octanol–water partition coefficient (Wildman–Crippen LogP) is 1.44. The number of aromatic nitrogens is 2. The van der Waals surface area contributed by atoms with Gasteiger partial charge in [0.05, 0.1) is 20.3 Å². The second-order valence-electron chi connectivity index (χ2n) is 7.58. The maximum Gasteiger partial charge on any atom is 0.263 e. The van der Waals surface area contributed by atoms with Crippen LogP contribution in [0.3, 0.4) is 0 Å². The Balaban J connectivity index is 1.73. The first-order valence-corrected chi connectivity index (χ1v) is 10.2. The summed E-state index contributed by atoms with van der Waals surface area (Å²) >= 11 is 0. The fraction of sp³-hybridized carbons (Fsp3) is 0.500. The van der Waals surface area contributed by atoms with Gasteiger partial charge in [-0.15, -0.1) is 0 Å². The number of ether oxygens (including phenoxy) is 2. The maximum absolute atomic E-state index is 13.0. The molecule has 8 heteroatoms. The summed E-state index contributed by atoms with van der Waals surface area (Å²) in [5.41, 5.74) is 3.19. The van der Waals surface area contributed by atoms with Gasteiger partial charge in [0.15, 0.2) is 0 Å². The van der Waals surface area contributed by atoms with Crippen LogP contribution in [0.15, 0.2) is 23.1 Å². The molecule has 3 heterocycles. The molecule has 0 aromatic carbocycles. The first kappa shape index (κ1) is 22.0. The summed E-state index contributed by atoms with van der Waals surface area (Å²) < 4.78 is 12.3. The van der Waals surface area contributed by atoms with E-state index in [1.807, 2.05) is 26.0 Å². The van der Waals surface area contributed by atoms with Gasteiger partial charge in [0.25, 0.3) is 11.5 Å². The first-order valence-electron chi connectivity index (χ1n) is 10.2. The number of aryl methyl sites for hydroxylation is 3. The van der Waals surface area contributed by atoms with E-state index in [9.17, 15) is 9.59 Å². The maximum atomic E-state index is 13.0. The van der Waals surface area contributed by atoms with Gasteiger partial charge >= 0.3 is 0 Å². The zero-order chi connectivity index (χ0) is 21.7. The van der Waals surface area contributed by atoms with Crippen molar-refractivity contribution in [1.82, 2.24) is 19.8 Å². The van der Waals surface area contributed by atoms with Crippen molar-refractivity contribution in [3.8, 4) is 5.88 Å². The van der Waals surface area contributed by atoms with E-state index in [1.54, 1.807) is 24.8 Å². The van der Waals surface area contributed by atoms with Crippen LogP contribution in [0, 0.1) is 20.8 Å². The zero-order valence-electron chi connectivity index (χ0n) is 18.2.